The van der Waals surface area contributed by atoms with E-state index in [-0.39, 0.29) is 11.1 Å². The van der Waals surface area contributed by atoms with Crippen LogP contribution in [0.25, 0.3) is 5.65 Å². The molecule has 18 heavy (non-hydrogen) atoms. The predicted molar refractivity (Wildman–Crippen MR) is 68.0 cm³/mol. The number of carboxylic acids is 1. The van der Waals surface area contributed by atoms with Crippen molar-refractivity contribution in [2.24, 2.45) is 0 Å². The van der Waals surface area contributed by atoms with E-state index in [1.807, 2.05) is 33.8 Å². The van der Waals surface area contributed by atoms with E-state index >= 15 is 0 Å². The minimum atomic E-state index is -0.987. The summed E-state index contributed by atoms with van der Waals surface area (Å²) in [5.41, 5.74) is 2.16. The lowest BCUT2D eigenvalue weighted by Crippen LogP contribution is -2.17. The molecule has 0 atom stereocenters. The van der Waals surface area contributed by atoms with Gasteiger partial charge in [-0.1, -0.05) is 27.7 Å². The van der Waals surface area contributed by atoms with Gasteiger partial charge in [0.1, 0.15) is 0 Å². The summed E-state index contributed by atoms with van der Waals surface area (Å²) in [5, 5.41) is 13.5. The quantitative estimate of drug-likeness (QED) is 0.884. The van der Waals surface area contributed by atoms with Crippen LogP contribution < -0.4 is 0 Å². The van der Waals surface area contributed by atoms with E-state index < -0.39 is 5.97 Å². The van der Waals surface area contributed by atoms with Crippen LogP contribution in [0.5, 0.6) is 0 Å². The van der Waals surface area contributed by atoms with Crippen molar-refractivity contribution in [3.8, 4) is 0 Å². The second-order valence-corrected chi connectivity index (χ2v) is 5.34. The zero-order chi connectivity index (χ0) is 13.5. The van der Waals surface area contributed by atoms with Crippen molar-refractivity contribution in [2.75, 3.05) is 0 Å². The fourth-order valence-electron chi connectivity index (χ4n) is 1.73. The summed E-state index contributed by atoms with van der Waals surface area (Å²) in [6, 6.07) is 3.43. The number of rotatable bonds is 2. The number of carboxylic acid groups (broad SMARTS) is 1. The van der Waals surface area contributed by atoms with Crippen molar-refractivity contribution in [1.82, 2.24) is 14.6 Å². The van der Waals surface area contributed by atoms with Crippen molar-refractivity contribution in [2.45, 2.75) is 39.5 Å². The fourth-order valence-corrected chi connectivity index (χ4v) is 1.73. The molecule has 0 aromatic carbocycles. The highest BCUT2D eigenvalue weighted by Gasteiger charge is 2.21. The lowest BCUT2D eigenvalue weighted by molar-refractivity contribution is 0.0687. The van der Waals surface area contributed by atoms with Crippen LogP contribution >= 0.6 is 0 Å². The lowest BCUT2D eigenvalue weighted by Gasteiger charge is -2.18. The van der Waals surface area contributed by atoms with Crippen molar-refractivity contribution in [3.63, 3.8) is 0 Å². The van der Waals surface area contributed by atoms with Crippen LogP contribution in [0.2, 0.25) is 0 Å². The molecule has 0 spiro atoms. The highest BCUT2D eigenvalue weighted by atomic mass is 16.4. The molecule has 0 aliphatic rings. The van der Waals surface area contributed by atoms with Crippen LogP contribution in [-0.4, -0.2) is 25.7 Å². The van der Waals surface area contributed by atoms with Crippen LogP contribution in [0.4, 0.5) is 0 Å². The van der Waals surface area contributed by atoms with Gasteiger partial charge in [0.15, 0.2) is 11.3 Å². The molecule has 96 valence electrons. The molecule has 0 bridgehead atoms. The molecule has 5 nitrogen and oxygen atoms in total. The zero-order valence-electron chi connectivity index (χ0n) is 11.1. The first-order valence-corrected chi connectivity index (χ1v) is 5.96. The van der Waals surface area contributed by atoms with Gasteiger partial charge in [0, 0.05) is 11.5 Å². The Labute approximate surface area is 105 Å². The summed E-state index contributed by atoms with van der Waals surface area (Å²) >= 11 is 0. The zero-order valence-corrected chi connectivity index (χ0v) is 11.1. The summed E-state index contributed by atoms with van der Waals surface area (Å²) in [4.78, 5) is 15.8. The van der Waals surface area contributed by atoms with Gasteiger partial charge in [-0.05, 0) is 12.5 Å². The lowest BCUT2D eigenvalue weighted by atomic mass is 9.91. The van der Waals surface area contributed by atoms with Gasteiger partial charge in [-0.25, -0.2) is 14.3 Å². The van der Waals surface area contributed by atoms with E-state index in [9.17, 15) is 9.90 Å². The van der Waals surface area contributed by atoms with E-state index in [0.717, 1.165) is 17.8 Å². The Bertz CT molecular complexity index is 608. The average molecular weight is 247 g/mol. The smallest absolute Gasteiger partial charge is 0.354 e. The number of fused-ring (bicyclic) bond motifs is 1. The van der Waals surface area contributed by atoms with Gasteiger partial charge in [-0.2, -0.15) is 5.10 Å². The number of aromatic carboxylic acids is 1. The number of nitrogens with zero attached hydrogens (tertiary/aromatic N) is 3. The summed E-state index contributed by atoms with van der Waals surface area (Å²) < 4.78 is 1.40. The Hall–Kier alpha value is -1.91. The van der Waals surface area contributed by atoms with E-state index in [4.69, 9.17) is 0 Å². The Morgan fingerprint density at radius 3 is 2.56 bits per heavy atom. The maximum atomic E-state index is 11.3. The molecule has 0 aliphatic carbocycles. The minimum absolute atomic E-state index is 0.157. The normalized spacial score (nSPS) is 12.0. The van der Waals surface area contributed by atoms with Crippen molar-refractivity contribution in [1.29, 1.82) is 0 Å². The number of hydrogen-bond donors (Lipinski definition) is 1. The average Bonchev–Trinajstić information content (AvgIpc) is 2.68. The van der Waals surface area contributed by atoms with Gasteiger partial charge < -0.3 is 5.11 Å². The first-order chi connectivity index (χ1) is 8.32. The Balaban J connectivity index is 2.76. The maximum Gasteiger partial charge on any atom is 0.354 e. The highest BCUT2D eigenvalue weighted by Crippen LogP contribution is 2.22. The maximum absolute atomic E-state index is 11.3. The van der Waals surface area contributed by atoms with Crippen LogP contribution in [0.15, 0.2) is 12.1 Å². The fraction of sp³-hybridized carbons (Fsp3) is 0.462. The largest absolute Gasteiger partial charge is 0.477 e. The van der Waals surface area contributed by atoms with Gasteiger partial charge in [0.25, 0.3) is 0 Å². The Morgan fingerprint density at radius 2 is 2.06 bits per heavy atom. The SMILES string of the molecule is CCc1cc2nc(C(C)(C)C)cc(C(=O)O)n2n1. The standard InChI is InChI=1S/C13H17N3O2/c1-5-8-6-11-14-10(13(2,3)4)7-9(12(17)18)16(11)15-8/h6-7H,5H2,1-4H3,(H,17,18). The molecule has 5 heteroatoms. The van der Waals surface area contributed by atoms with E-state index in [0.29, 0.717) is 5.65 Å². The molecule has 0 aliphatic heterocycles. The third kappa shape index (κ3) is 2.08. The number of aryl methyl sites for hydroxylation is 1. The Morgan fingerprint density at radius 1 is 1.39 bits per heavy atom. The van der Waals surface area contributed by atoms with Crippen LogP contribution in [0.3, 0.4) is 0 Å². The molecule has 2 aromatic rings. The van der Waals surface area contributed by atoms with E-state index in [2.05, 4.69) is 10.1 Å². The summed E-state index contributed by atoms with van der Waals surface area (Å²) in [7, 11) is 0. The first-order valence-electron chi connectivity index (χ1n) is 5.96. The molecule has 2 aromatic heterocycles. The molecule has 0 radical (unpaired) electrons. The molecule has 0 unspecified atom stereocenters. The van der Waals surface area contributed by atoms with Gasteiger partial charge in [0.2, 0.25) is 0 Å². The molecule has 2 rings (SSSR count). The Kier molecular flexibility index (Phi) is 2.84. The summed E-state index contributed by atoms with van der Waals surface area (Å²) in [6.45, 7) is 8.00. The highest BCUT2D eigenvalue weighted by molar-refractivity contribution is 5.86. The molecular formula is C13H17N3O2. The van der Waals surface area contributed by atoms with Crippen LogP contribution in [0.1, 0.15) is 49.6 Å². The van der Waals surface area contributed by atoms with Crippen LogP contribution in [-0.2, 0) is 11.8 Å². The third-order valence-electron chi connectivity index (χ3n) is 2.83. The van der Waals surface area contributed by atoms with Crippen molar-refractivity contribution >= 4 is 11.6 Å². The van der Waals surface area contributed by atoms with Gasteiger partial charge >= 0.3 is 5.97 Å². The van der Waals surface area contributed by atoms with E-state index in [1.54, 1.807) is 6.07 Å². The summed E-state index contributed by atoms with van der Waals surface area (Å²) in [6.07, 6.45) is 0.757. The van der Waals surface area contributed by atoms with Gasteiger partial charge in [-0.3, -0.25) is 0 Å². The van der Waals surface area contributed by atoms with Crippen LogP contribution in [0, 0.1) is 0 Å². The summed E-state index contributed by atoms with van der Waals surface area (Å²) in [5.74, 6) is -0.987. The minimum Gasteiger partial charge on any atom is -0.477 e. The number of aromatic nitrogens is 3. The topological polar surface area (TPSA) is 67.5 Å². The van der Waals surface area contributed by atoms with Gasteiger partial charge in [-0.15, -0.1) is 0 Å². The monoisotopic (exact) mass is 247 g/mol. The van der Waals surface area contributed by atoms with E-state index in [1.165, 1.54) is 4.52 Å². The molecule has 0 saturated carbocycles. The molecule has 2 heterocycles. The third-order valence-corrected chi connectivity index (χ3v) is 2.83. The second-order valence-electron chi connectivity index (χ2n) is 5.34. The molecule has 0 fully saturated rings. The van der Waals surface area contributed by atoms with Crippen molar-refractivity contribution in [3.05, 3.63) is 29.2 Å². The van der Waals surface area contributed by atoms with Gasteiger partial charge in [0.05, 0.1) is 11.4 Å². The number of hydrogen-bond acceptors (Lipinski definition) is 3. The molecular weight excluding hydrogens is 230 g/mol. The molecule has 1 N–H and O–H groups in total. The molecule has 0 saturated heterocycles. The predicted octanol–water partition coefficient (Wildman–Crippen LogP) is 2.29. The first kappa shape index (κ1) is 12.5. The van der Waals surface area contributed by atoms with Crippen molar-refractivity contribution < 1.29 is 9.90 Å². The second kappa shape index (κ2) is 4.08. The molecule has 0 amide bonds. The number of carbonyl (C=O) groups is 1.